The SMILES string of the molecule is COCCN(Cc1ccccc1)CC(C)CN. The summed E-state index contributed by atoms with van der Waals surface area (Å²) in [7, 11) is 1.74. The van der Waals surface area contributed by atoms with Gasteiger partial charge in [0.25, 0.3) is 0 Å². The van der Waals surface area contributed by atoms with E-state index in [0.29, 0.717) is 5.92 Å². The lowest BCUT2D eigenvalue weighted by Gasteiger charge is -2.25. The van der Waals surface area contributed by atoms with Crippen LogP contribution in [-0.4, -0.2) is 38.3 Å². The summed E-state index contributed by atoms with van der Waals surface area (Å²) in [6.45, 7) is 6.63. The van der Waals surface area contributed by atoms with Gasteiger partial charge in [-0.15, -0.1) is 0 Å². The van der Waals surface area contributed by atoms with Crippen molar-refractivity contribution in [3.8, 4) is 0 Å². The van der Waals surface area contributed by atoms with Crippen LogP contribution in [0.4, 0.5) is 0 Å². The molecule has 0 fully saturated rings. The summed E-state index contributed by atoms with van der Waals surface area (Å²) in [5, 5.41) is 0. The van der Waals surface area contributed by atoms with Crippen LogP contribution in [0.2, 0.25) is 0 Å². The van der Waals surface area contributed by atoms with Gasteiger partial charge in [0.2, 0.25) is 0 Å². The normalized spacial score (nSPS) is 12.9. The summed E-state index contributed by atoms with van der Waals surface area (Å²) in [6.07, 6.45) is 0. The summed E-state index contributed by atoms with van der Waals surface area (Å²) in [5.74, 6) is 0.524. The molecular weight excluding hydrogens is 212 g/mol. The lowest BCUT2D eigenvalue weighted by molar-refractivity contribution is 0.135. The van der Waals surface area contributed by atoms with Gasteiger partial charge < -0.3 is 10.5 Å². The van der Waals surface area contributed by atoms with Crippen molar-refractivity contribution in [2.75, 3.05) is 33.4 Å². The highest BCUT2D eigenvalue weighted by molar-refractivity contribution is 5.14. The van der Waals surface area contributed by atoms with Crippen LogP contribution >= 0.6 is 0 Å². The van der Waals surface area contributed by atoms with E-state index < -0.39 is 0 Å². The van der Waals surface area contributed by atoms with Crippen LogP contribution in [0.25, 0.3) is 0 Å². The Morgan fingerprint density at radius 2 is 2.00 bits per heavy atom. The summed E-state index contributed by atoms with van der Waals surface area (Å²) in [6, 6.07) is 10.5. The topological polar surface area (TPSA) is 38.5 Å². The maximum absolute atomic E-state index is 5.68. The van der Waals surface area contributed by atoms with Crippen LogP contribution < -0.4 is 5.73 Å². The van der Waals surface area contributed by atoms with Crippen molar-refractivity contribution >= 4 is 0 Å². The van der Waals surface area contributed by atoms with Crippen LogP contribution in [0.1, 0.15) is 12.5 Å². The maximum Gasteiger partial charge on any atom is 0.0589 e. The van der Waals surface area contributed by atoms with Crippen LogP contribution in [0.15, 0.2) is 30.3 Å². The minimum Gasteiger partial charge on any atom is -0.383 e. The van der Waals surface area contributed by atoms with E-state index in [4.69, 9.17) is 10.5 Å². The molecule has 17 heavy (non-hydrogen) atoms. The number of hydrogen-bond donors (Lipinski definition) is 1. The maximum atomic E-state index is 5.68. The largest absolute Gasteiger partial charge is 0.383 e. The molecule has 0 bridgehead atoms. The molecule has 0 saturated heterocycles. The molecule has 0 heterocycles. The van der Waals surface area contributed by atoms with E-state index in [1.165, 1.54) is 5.56 Å². The predicted octanol–water partition coefficient (Wildman–Crippen LogP) is 1.73. The van der Waals surface area contributed by atoms with E-state index in [9.17, 15) is 0 Å². The van der Waals surface area contributed by atoms with Gasteiger partial charge in [0, 0.05) is 26.7 Å². The minimum atomic E-state index is 0.524. The quantitative estimate of drug-likeness (QED) is 0.747. The van der Waals surface area contributed by atoms with E-state index >= 15 is 0 Å². The Labute approximate surface area is 105 Å². The van der Waals surface area contributed by atoms with Crippen molar-refractivity contribution in [1.82, 2.24) is 4.90 Å². The molecule has 0 aliphatic carbocycles. The van der Waals surface area contributed by atoms with E-state index in [1.807, 2.05) is 6.07 Å². The number of benzene rings is 1. The second-order valence-corrected chi connectivity index (χ2v) is 4.55. The van der Waals surface area contributed by atoms with Gasteiger partial charge in [0.15, 0.2) is 0 Å². The minimum absolute atomic E-state index is 0.524. The second-order valence-electron chi connectivity index (χ2n) is 4.55. The summed E-state index contributed by atoms with van der Waals surface area (Å²) in [5.41, 5.74) is 7.03. The molecule has 0 radical (unpaired) electrons. The zero-order chi connectivity index (χ0) is 12.5. The van der Waals surface area contributed by atoms with Crippen molar-refractivity contribution in [2.45, 2.75) is 13.5 Å². The van der Waals surface area contributed by atoms with Crippen molar-refractivity contribution in [3.63, 3.8) is 0 Å². The van der Waals surface area contributed by atoms with Crippen molar-refractivity contribution in [3.05, 3.63) is 35.9 Å². The second kappa shape index (κ2) is 8.23. The Bertz CT molecular complexity index is 290. The zero-order valence-corrected chi connectivity index (χ0v) is 10.9. The van der Waals surface area contributed by atoms with Crippen LogP contribution in [0.5, 0.6) is 0 Å². The monoisotopic (exact) mass is 236 g/mol. The van der Waals surface area contributed by atoms with Gasteiger partial charge in [-0.25, -0.2) is 0 Å². The number of nitrogens with zero attached hydrogens (tertiary/aromatic N) is 1. The van der Waals surface area contributed by atoms with E-state index in [0.717, 1.165) is 32.8 Å². The first-order chi connectivity index (χ1) is 8.26. The highest BCUT2D eigenvalue weighted by atomic mass is 16.5. The van der Waals surface area contributed by atoms with Crippen LogP contribution in [0, 0.1) is 5.92 Å². The van der Waals surface area contributed by atoms with Crippen LogP contribution in [-0.2, 0) is 11.3 Å². The number of nitrogens with two attached hydrogens (primary N) is 1. The first-order valence-corrected chi connectivity index (χ1v) is 6.21. The van der Waals surface area contributed by atoms with Gasteiger partial charge in [0.1, 0.15) is 0 Å². The van der Waals surface area contributed by atoms with Gasteiger partial charge in [-0.05, 0) is 18.0 Å². The molecule has 0 spiro atoms. The Kier molecular flexibility index (Phi) is 6.86. The zero-order valence-electron chi connectivity index (χ0n) is 10.9. The average molecular weight is 236 g/mol. The Hall–Kier alpha value is -0.900. The van der Waals surface area contributed by atoms with E-state index in [2.05, 4.69) is 36.1 Å². The number of methoxy groups -OCH3 is 1. The molecule has 0 amide bonds. The number of rotatable bonds is 8. The molecule has 1 atom stereocenters. The third-order valence-corrected chi connectivity index (χ3v) is 2.83. The molecule has 0 saturated carbocycles. The summed E-state index contributed by atoms with van der Waals surface area (Å²) < 4.78 is 5.15. The predicted molar refractivity (Wildman–Crippen MR) is 71.8 cm³/mol. The first kappa shape index (κ1) is 14.2. The highest BCUT2D eigenvalue weighted by Crippen LogP contribution is 2.06. The molecule has 1 unspecified atom stereocenters. The van der Waals surface area contributed by atoms with Crippen LogP contribution in [0.3, 0.4) is 0 Å². The molecule has 96 valence electrons. The third kappa shape index (κ3) is 5.82. The molecule has 0 aliphatic heterocycles. The van der Waals surface area contributed by atoms with Gasteiger partial charge >= 0.3 is 0 Å². The fraction of sp³-hybridized carbons (Fsp3) is 0.571. The van der Waals surface area contributed by atoms with E-state index in [1.54, 1.807) is 7.11 Å². The average Bonchev–Trinajstić information content (AvgIpc) is 2.37. The number of ether oxygens (including phenoxy) is 1. The van der Waals surface area contributed by atoms with Gasteiger partial charge in [-0.3, -0.25) is 4.90 Å². The molecular formula is C14H24N2O. The first-order valence-electron chi connectivity index (χ1n) is 6.21. The fourth-order valence-electron chi connectivity index (χ4n) is 1.81. The molecule has 1 aromatic carbocycles. The molecule has 1 aromatic rings. The smallest absolute Gasteiger partial charge is 0.0589 e. The lowest BCUT2D eigenvalue weighted by atomic mass is 10.1. The Morgan fingerprint density at radius 3 is 2.59 bits per heavy atom. The van der Waals surface area contributed by atoms with Crippen molar-refractivity contribution < 1.29 is 4.74 Å². The molecule has 2 N–H and O–H groups in total. The molecule has 1 rings (SSSR count). The fourth-order valence-corrected chi connectivity index (χ4v) is 1.81. The summed E-state index contributed by atoms with van der Waals surface area (Å²) in [4.78, 5) is 2.40. The summed E-state index contributed by atoms with van der Waals surface area (Å²) >= 11 is 0. The molecule has 0 aliphatic rings. The molecule has 3 heteroatoms. The van der Waals surface area contributed by atoms with Crippen molar-refractivity contribution in [2.24, 2.45) is 11.7 Å². The Morgan fingerprint density at radius 1 is 1.29 bits per heavy atom. The lowest BCUT2D eigenvalue weighted by Crippen LogP contribution is -2.33. The van der Waals surface area contributed by atoms with Crippen molar-refractivity contribution in [1.29, 1.82) is 0 Å². The Balaban J connectivity index is 2.50. The number of hydrogen-bond acceptors (Lipinski definition) is 3. The molecule has 3 nitrogen and oxygen atoms in total. The van der Waals surface area contributed by atoms with Gasteiger partial charge in [-0.2, -0.15) is 0 Å². The molecule has 0 aromatic heterocycles. The van der Waals surface area contributed by atoms with Gasteiger partial charge in [-0.1, -0.05) is 37.3 Å². The van der Waals surface area contributed by atoms with Gasteiger partial charge in [0.05, 0.1) is 6.61 Å². The highest BCUT2D eigenvalue weighted by Gasteiger charge is 2.09. The van der Waals surface area contributed by atoms with E-state index in [-0.39, 0.29) is 0 Å². The third-order valence-electron chi connectivity index (χ3n) is 2.83. The standard InChI is InChI=1S/C14H24N2O/c1-13(10-15)11-16(8-9-17-2)12-14-6-4-3-5-7-14/h3-7,13H,8-12,15H2,1-2H3.